The van der Waals surface area contributed by atoms with Gasteiger partial charge in [0.15, 0.2) is 0 Å². The summed E-state index contributed by atoms with van der Waals surface area (Å²) in [5, 5.41) is 0. The van der Waals surface area contributed by atoms with E-state index in [1.807, 2.05) is 0 Å². The molecule has 38 heavy (non-hydrogen) atoms. The Morgan fingerprint density at radius 3 is 2.42 bits per heavy atom. The van der Waals surface area contributed by atoms with Crippen molar-refractivity contribution in [2.75, 3.05) is 7.11 Å². The molecule has 0 spiro atoms. The smallest absolute Gasteiger partial charge is 0.331 e. The number of rotatable bonds is 6. The Morgan fingerprint density at radius 2 is 1.79 bits per heavy atom. The van der Waals surface area contributed by atoms with Gasteiger partial charge < -0.3 is 9.47 Å². The molecule has 0 saturated carbocycles. The minimum atomic E-state index is -0.968. The molecule has 2 heterocycles. The summed E-state index contributed by atoms with van der Waals surface area (Å²) in [4.78, 5) is 52.5. The number of ether oxygens (including phenoxy) is 2. The lowest BCUT2D eigenvalue weighted by Gasteiger charge is -2.31. The monoisotopic (exact) mass is 523 g/mol. The van der Waals surface area contributed by atoms with Gasteiger partial charge >= 0.3 is 11.7 Å². The molecular formula is C28H30FN3O6. The zero-order valence-electron chi connectivity index (χ0n) is 22.0. The van der Waals surface area contributed by atoms with E-state index >= 15 is 4.39 Å². The van der Waals surface area contributed by atoms with E-state index in [4.69, 9.17) is 9.47 Å². The molecule has 9 nitrogen and oxygen atoms in total. The maximum absolute atomic E-state index is 15.1. The Balaban J connectivity index is 1.67. The van der Waals surface area contributed by atoms with Gasteiger partial charge in [0.25, 0.3) is 5.91 Å². The van der Waals surface area contributed by atoms with E-state index in [2.05, 4.69) is 0 Å². The molecule has 1 aromatic heterocycles. The number of nitrogens with zero attached hydrogens (tertiary/aromatic N) is 3. The number of methoxy groups -OCH3 is 1. The molecule has 0 N–H and O–H groups in total. The number of imidazole rings is 1. The van der Waals surface area contributed by atoms with Gasteiger partial charge in [0.05, 0.1) is 24.7 Å². The summed E-state index contributed by atoms with van der Waals surface area (Å²) in [5.74, 6) is -1.52. The number of aryl methyl sites for hydroxylation is 1. The molecule has 1 aliphatic rings. The van der Waals surface area contributed by atoms with Crippen molar-refractivity contribution in [1.29, 1.82) is 0 Å². The molecule has 1 fully saturated rings. The van der Waals surface area contributed by atoms with Crippen LogP contribution in [0.15, 0.2) is 47.3 Å². The van der Waals surface area contributed by atoms with Crippen LogP contribution in [-0.4, -0.2) is 44.5 Å². The number of carbonyl (C=O) groups is 3. The quantitative estimate of drug-likeness (QED) is 0.277. The summed E-state index contributed by atoms with van der Waals surface area (Å²) in [6.45, 7) is 5.22. The number of fused-ring (bicyclic) bond motifs is 1. The van der Waals surface area contributed by atoms with E-state index < -0.39 is 35.0 Å². The van der Waals surface area contributed by atoms with E-state index in [1.165, 1.54) is 34.4 Å². The predicted octanol–water partition coefficient (Wildman–Crippen LogP) is 3.73. The number of hydrogen-bond acceptors (Lipinski definition) is 6. The van der Waals surface area contributed by atoms with E-state index in [1.54, 1.807) is 52.1 Å². The minimum absolute atomic E-state index is 0.0473. The van der Waals surface area contributed by atoms with Crippen LogP contribution in [0.2, 0.25) is 0 Å². The lowest BCUT2D eigenvalue weighted by Crippen LogP contribution is -2.47. The normalized spacial score (nSPS) is 16.5. The number of likely N-dealkylation sites (tertiary alicyclic amines) is 1. The fraction of sp³-hybridized carbons (Fsp3) is 0.357. The Kier molecular flexibility index (Phi) is 7.26. The van der Waals surface area contributed by atoms with Gasteiger partial charge in [-0.3, -0.25) is 23.6 Å². The van der Waals surface area contributed by atoms with Crippen molar-refractivity contribution < 1.29 is 28.2 Å². The highest BCUT2D eigenvalue weighted by Gasteiger charge is 2.37. The Bertz CT molecular complexity index is 1490. The van der Waals surface area contributed by atoms with Gasteiger partial charge in [-0.05, 0) is 57.0 Å². The SMILES string of the molecule is COc1ccc(CN2C(=O)CCC(n3c(=O)n(C)c4cc(/C=C/C(=O)OC(C)(C)C)c(F)cc43)C2=O)cc1. The molecular weight excluding hydrogens is 493 g/mol. The minimum Gasteiger partial charge on any atom is -0.497 e. The highest BCUT2D eigenvalue weighted by Crippen LogP contribution is 2.29. The summed E-state index contributed by atoms with van der Waals surface area (Å²) in [7, 11) is 3.07. The summed E-state index contributed by atoms with van der Waals surface area (Å²) in [6.07, 6.45) is 2.59. The topological polar surface area (TPSA) is 99.8 Å². The summed E-state index contributed by atoms with van der Waals surface area (Å²) >= 11 is 0. The third kappa shape index (κ3) is 5.39. The van der Waals surface area contributed by atoms with Gasteiger partial charge in [0, 0.05) is 31.2 Å². The largest absolute Gasteiger partial charge is 0.497 e. The molecule has 200 valence electrons. The number of carbonyl (C=O) groups excluding carboxylic acids is 3. The zero-order chi connectivity index (χ0) is 27.8. The molecule has 0 bridgehead atoms. The first-order valence-electron chi connectivity index (χ1n) is 12.2. The molecule has 3 aromatic rings. The second-order valence-electron chi connectivity index (χ2n) is 10.2. The third-order valence-electron chi connectivity index (χ3n) is 6.31. The van der Waals surface area contributed by atoms with Gasteiger partial charge in [0.2, 0.25) is 5.91 Å². The first kappa shape index (κ1) is 26.8. The first-order chi connectivity index (χ1) is 17.9. The maximum atomic E-state index is 15.1. The Morgan fingerprint density at radius 1 is 1.11 bits per heavy atom. The van der Waals surface area contributed by atoms with Gasteiger partial charge in [-0.15, -0.1) is 0 Å². The number of esters is 1. The van der Waals surface area contributed by atoms with Crippen molar-refractivity contribution in [2.45, 2.75) is 51.8 Å². The number of aromatic nitrogens is 2. The van der Waals surface area contributed by atoms with Crippen molar-refractivity contribution >= 4 is 34.9 Å². The average molecular weight is 524 g/mol. The van der Waals surface area contributed by atoms with E-state index in [0.29, 0.717) is 11.3 Å². The summed E-state index contributed by atoms with van der Waals surface area (Å²) in [6, 6.07) is 8.63. The number of benzene rings is 2. The lowest BCUT2D eigenvalue weighted by molar-refractivity contribution is -0.152. The van der Waals surface area contributed by atoms with E-state index in [0.717, 1.165) is 16.5 Å². The molecule has 1 aliphatic heterocycles. The zero-order valence-corrected chi connectivity index (χ0v) is 22.0. The molecule has 0 aliphatic carbocycles. The van der Waals surface area contributed by atoms with Crippen molar-refractivity contribution in [3.05, 3.63) is 69.9 Å². The second kappa shape index (κ2) is 10.3. The van der Waals surface area contributed by atoms with Gasteiger partial charge in [-0.25, -0.2) is 14.0 Å². The van der Waals surface area contributed by atoms with E-state index in [9.17, 15) is 19.2 Å². The molecule has 10 heteroatoms. The highest BCUT2D eigenvalue weighted by molar-refractivity contribution is 6.00. The summed E-state index contributed by atoms with van der Waals surface area (Å²) < 4.78 is 28.0. The van der Waals surface area contributed by atoms with Crippen molar-refractivity contribution in [3.63, 3.8) is 0 Å². The van der Waals surface area contributed by atoms with Crippen LogP contribution in [-0.2, 0) is 32.7 Å². The fourth-order valence-electron chi connectivity index (χ4n) is 4.46. The Hall–Kier alpha value is -4.21. The molecule has 1 atom stereocenters. The molecule has 0 radical (unpaired) electrons. The van der Waals surface area contributed by atoms with E-state index in [-0.39, 0.29) is 36.4 Å². The van der Waals surface area contributed by atoms with Crippen LogP contribution < -0.4 is 10.4 Å². The number of piperidine rings is 1. The van der Waals surface area contributed by atoms with Crippen LogP contribution in [0.1, 0.15) is 50.8 Å². The van der Waals surface area contributed by atoms with Crippen LogP contribution in [0, 0.1) is 5.82 Å². The third-order valence-corrected chi connectivity index (χ3v) is 6.31. The fourth-order valence-corrected chi connectivity index (χ4v) is 4.46. The standard InChI is InChI=1S/C28H30FN3O6/c1-28(2,3)38-25(34)13-8-18-14-22-23(15-20(18)29)32(27(36)30(22)4)21-11-12-24(33)31(26(21)35)16-17-6-9-19(37-5)10-7-17/h6-10,13-15,21H,11-12,16H2,1-5H3/b13-8+. The van der Waals surface area contributed by atoms with Gasteiger partial charge in [-0.2, -0.15) is 0 Å². The second-order valence-corrected chi connectivity index (χ2v) is 10.2. The number of halogens is 1. The molecule has 4 rings (SSSR count). The Labute approximate surface area is 219 Å². The first-order valence-corrected chi connectivity index (χ1v) is 12.2. The van der Waals surface area contributed by atoms with Gasteiger partial charge in [-0.1, -0.05) is 12.1 Å². The molecule has 1 saturated heterocycles. The van der Waals surface area contributed by atoms with Gasteiger partial charge in [0.1, 0.15) is 23.2 Å². The van der Waals surface area contributed by atoms with Crippen molar-refractivity contribution in [3.8, 4) is 5.75 Å². The lowest BCUT2D eigenvalue weighted by atomic mass is 10.0. The average Bonchev–Trinajstić information content (AvgIpc) is 3.08. The van der Waals surface area contributed by atoms with Crippen molar-refractivity contribution in [1.82, 2.24) is 14.0 Å². The van der Waals surface area contributed by atoms with Crippen LogP contribution in [0.5, 0.6) is 5.75 Å². The summed E-state index contributed by atoms with van der Waals surface area (Å²) in [5.41, 5.74) is 0.214. The highest BCUT2D eigenvalue weighted by atomic mass is 19.1. The number of amides is 2. The predicted molar refractivity (Wildman–Crippen MR) is 139 cm³/mol. The molecule has 1 unspecified atom stereocenters. The molecule has 2 aromatic carbocycles. The van der Waals surface area contributed by atoms with Crippen LogP contribution in [0.4, 0.5) is 4.39 Å². The van der Waals surface area contributed by atoms with Crippen molar-refractivity contribution in [2.24, 2.45) is 7.05 Å². The van der Waals surface area contributed by atoms with Crippen LogP contribution >= 0.6 is 0 Å². The number of imide groups is 1. The maximum Gasteiger partial charge on any atom is 0.331 e. The van der Waals surface area contributed by atoms with Crippen LogP contribution in [0.3, 0.4) is 0 Å². The van der Waals surface area contributed by atoms with Crippen LogP contribution in [0.25, 0.3) is 17.1 Å². The molecule has 2 amide bonds. The number of hydrogen-bond donors (Lipinski definition) is 0.